The molecule has 0 spiro atoms. The lowest BCUT2D eigenvalue weighted by Crippen LogP contribution is -2.11. The molecule has 1 heterocycles. The van der Waals surface area contributed by atoms with Crippen LogP contribution in [-0.4, -0.2) is 0 Å². The molecule has 0 bridgehead atoms. The van der Waals surface area contributed by atoms with Crippen molar-refractivity contribution in [3.63, 3.8) is 0 Å². The number of benzene rings is 1. The standard InChI is InChI=1S/C19H18O2/c1-3-14-9-10-16-13(2)17(19(20)21-18(16)12-14)11-15-7-5-4-6-8-15/h3,5,7-10,12H,1,4,6,11H2,2H3. The highest BCUT2D eigenvalue weighted by Crippen LogP contribution is 2.23. The highest BCUT2D eigenvalue weighted by molar-refractivity contribution is 5.83. The molecule has 0 N–H and O–H groups in total. The quantitative estimate of drug-likeness (QED) is 0.770. The first-order valence-electron chi connectivity index (χ1n) is 7.23. The van der Waals surface area contributed by atoms with Crippen molar-refractivity contribution in [1.82, 2.24) is 0 Å². The van der Waals surface area contributed by atoms with Gasteiger partial charge in [0, 0.05) is 17.4 Å². The van der Waals surface area contributed by atoms with Gasteiger partial charge in [-0.15, -0.1) is 0 Å². The Bertz CT molecular complexity index is 819. The minimum atomic E-state index is -0.235. The summed E-state index contributed by atoms with van der Waals surface area (Å²) in [5, 5.41) is 0.996. The highest BCUT2D eigenvalue weighted by Gasteiger charge is 2.13. The second-order valence-corrected chi connectivity index (χ2v) is 5.39. The van der Waals surface area contributed by atoms with Crippen LogP contribution < -0.4 is 5.63 Å². The van der Waals surface area contributed by atoms with E-state index in [1.807, 2.05) is 25.1 Å². The minimum Gasteiger partial charge on any atom is -0.422 e. The van der Waals surface area contributed by atoms with Crippen LogP contribution in [0.3, 0.4) is 0 Å². The van der Waals surface area contributed by atoms with Crippen molar-refractivity contribution < 1.29 is 4.42 Å². The van der Waals surface area contributed by atoms with Gasteiger partial charge in [-0.3, -0.25) is 0 Å². The molecular formula is C19H18O2. The molecule has 1 aromatic heterocycles. The molecule has 1 aliphatic carbocycles. The molecule has 1 aromatic carbocycles. The third-order valence-electron chi connectivity index (χ3n) is 4.00. The maximum Gasteiger partial charge on any atom is 0.340 e. The van der Waals surface area contributed by atoms with Gasteiger partial charge in [0.15, 0.2) is 0 Å². The van der Waals surface area contributed by atoms with Crippen molar-refractivity contribution in [2.45, 2.75) is 26.2 Å². The Morgan fingerprint density at radius 3 is 2.90 bits per heavy atom. The molecule has 21 heavy (non-hydrogen) atoms. The molecule has 0 saturated carbocycles. The average Bonchev–Trinajstić information content (AvgIpc) is 2.52. The molecule has 2 nitrogen and oxygen atoms in total. The lowest BCUT2D eigenvalue weighted by atomic mass is 9.96. The molecule has 2 heteroatoms. The van der Waals surface area contributed by atoms with E-state index >= 15 is 0 Å². The maximum atomic E-state index is 12.3. The summed E-state index contributed by atoms with van der Waals surface area (Å²) in [5.41, 5.74) is 4.31. The van der Waals surface area contributed by atoms with Gasteiger partial charge in [-0.25, -0.2) is 4.79 Å². The third-order valence-corrected chi connectivity index (χ3v) is 4.00. The largest absolute Gasteiger partial charge is 0.422 e. The molecule has 0 atom stereocenters. The Labute approximate surface area is 124 Å². The number of rotatable bonds is 3. The average molecular weight is 278 g/mol. The first-order valence-corrected chi connectivity index (χ1v) is 7.23. The number of hydrogen-bond acceptors (Lipinski definition) is 2. The van der Waals surface area contributed by atoms with Gasteiger partial charge in [0.2, 0.25) is 0 Å². The fourth-order valence-corrected chi connectivity index (χ4v) is 2.74. The van der Waals surface area contributed by atoms with Crippen molar-refractivity contribution >= 4 is 17.0 Å². The summed E-state index contributed by atoms with van der Waals surface area (Å²) in [6.45, 7) is 5.74. The number of aryl methyl sites for hydroxylation is 1. The van der Waals surface area contributed by atoms with Crippen molar-refractivity contribution in [3.8, 4) is 0 Å². The van der Waals surface area contributed by atoms with Crippen LogP contribution in [0.15, 0.2) is 57.8 Å². The molecular weight excluding hydrogens is 260 g/mol. The molecule has 106 valence electrons. The highest BCUT2D eigenvalue weighted by atomic mass is 16.4. The smallest absolute Gasteiger partial charge is 0.340 e. The Hall–Kier alpha value is -2.35. The van der Waals surface area contributed by atoms with Gasteiger partial charge in [-0.1, -0.05) is 43.0 Å². The molecule has 0 unspecified atom stereocenters. The van der Waals surface area contributed by atoms with Crippen LogP contribution in [0.1, 0.15) is 29.5 Å². The van der Waals surface area contributed by atoms with E-state index in [9.17, 15) is 4.79 Å². The van der Waals surface area contributed by atoms with Gasteiger partial charge < -0.3 is 4.42 Å². The lowest BCUT2D eigenvalue weighted by Gasteiger charge is -2.10. The van der Waals surface area contributed by atoms with Gasteiger partial charge in [0.25, 0.3) is 0 Å². The van der Waals surface area contributed by atoms with E-state index in [-0.39, 0.29) is 5.63 Å². The van der Waals surface area contributed by atoms with Crippen LogP contribution in [0.5, 0.6) is 0 Å². The fraction of sp³-hybridized carbons (Fsp3) is 0.211. The number of hydrogen-bond donors (Lipinski definition) is 0. The van der Waals surface area contributed by atoms with Crippen molar-refractivity contribution in [1.29, 1.82) is 0 Å². The van der Waals surface area contributed by atoms with Crippen molar-refractivity contribution in [3.05, 3.63) is 75.7 Å². The Morgan fingerprint density at radius 1 is 1.33 bits per heavy atom. The molecule has 0 aliphatic heterocycles. The van der Waals surface area contributed by atoms with E-state index in [0.29, 0.717) is 12.0 Å². The summed E-state index contributed by atoms with van der Waals surface area (Å²) in [4.78, 5) is 12.3. The second kappa shape index (κ2) is 5.57. The van der Waals surface area contributed by atoms with E-state index in [1.165, 1.54) is 5.57 Å². The van der Waals surface area contributed by atoms with Gasteiger partial charge in [-0.05, 0) is 42.5 Å². The topological polar surface area (TPSA) is 30.2 Å². The molecule has 0 saturated heterocycles. The van der Waals surface area contributed by atoms with E-state index in [2.05, 4.69) is 24.8 Å². The Morgan fingerprint density at radius 2 is 2.19 bits per heavy atom. The van der Waals surface area contributed by atoms with Crippen LogP contribution >= 0.6 is 0 Å². The van der Waals surface area contributed by atoms with E-state index in [4.69, 9.17) is 4.42 Å². The van der Waals surface area contributed by atoms with Crippen molar-refractivity contribution in [2.75, 3.05) is 0 Å². The van der Waals surface area contributed by atoms with Crippen LogP contribution in [0.2, 0.25) is 0 Å². The first-order chi connectivity index (χ1) is 10.2. The predicted octanol–water partition coefficient (Wildman–Crippen LogP) is 4.56. The molecule has 0 amide bonds. The first kappa shape index (κ1) is 13.6. The Kier molecular flexibility index (Phi) is 3.61. The van der Waals surface area contributed by atoms with Crippen LogP contribution in [0.4, 0.5) is 0 Å². The predicted molar refractivity (Wildman–Crippen MR) is 87.5 cm³/mol. The van der Waals surface area contributed by atoms with E-state index < -0.39 is 0 Å². The van der Waals surface area contributed by atoms with E-state index in [1.54, 1.807) is 6.08 Å². The van der Waals surface area contributed by atoms with Crippen LogP contribution in [-0.2, 0) is 6.42 Å². The molecule has 0 radical (unpaired) electrons. The van der Waals surface area contributed by atoms with Crippen LogP contribution in [0, 0.1) is 6.92 Å². The summed E-state index contributed by atoms with van der Waals surface area (Å²) in [5.74, 6) is 0. The fourth-order valence-electron chi connectivity index (χ4n) is 2.74. The third kappa shape index (κ3) is 2.62. The van der Waals surface area contributed by atoms with Gasteiger partial charge >= 0.3 is 5.63 Å². The molecule has 0 fully saturated rings. The monoisotopic (exact) mass is 278 g/mol. The summed E-state index contributed by atoms with van der Waals surface area (Å²) in [7, 11) is 0. The summed E-state index contributed by atoms with van der Waals surface area (Å²) in [6, 6.07) is 5.85. The van der Waals surface area contributed by atoms with Gasteiger partial charge in [0.05, 0.1) is 0 Å². The summed E-state index contributed by atoms with van der Waals surface area (Å²) in [6.07, 6.45) is 11.0. The van der Waals surface area contributed by atoms with Gasteiger partial charge in [-0.2, -0.15) is 0 Å². The van der Waals surface area contributed by atoms with Crippen molar-refractivity contribution in [2.24, 2.45) is 0 Å². The van der Waals surface area contributed by atoms with Crippen LogP contribution in [0.25, 0.3) is 17.0 Å². The zero-order valence-corrected chi connectivity index (χ0v) is 12.2. The second-order valence-electron chi connectivity index (χ2n) is 5.39. The lowest BCUT2D eigenvalue weighted by molar-refractivity contribution is 0.550. The van der Waals surface area contributed by atoms with E-state index in [0.717, 1.165) is 34.9 Å². The molecule has 3 rings (SSSR count). The molecule has 1 aliphatic rings. The zero-order chi connectivity index (χ0) is 14.8. The minimum absolute atomic E-state index is 0.235. The van der Waals surface area contributed by atoms with Gasteiger partial charge in [0.1, 0.15) is 5.58 Å². The SMILES string of the molecule is C=Cc1ccc2c(C)c(CC3=CCCC=C3)c(=O)oc2c1. The maximum absolute atomic E-state index is 12.3. The Balaban J connectivity index is 2.11. The summed E-state index contributed by atoms with van der Waals surface area (Å²) < 4.78 is 5.50. The normalized spacial score (nSPS) is 14.2. The summed E-state index contributed by atoms with van der Waals surface area (Å²) >= 11 is 0. The number of fused-ring (bicyclic) bond motifs is 1. The number of allylic oxidation sites excluding steroid dienone is 4. The molecule has 2 aromatic rings. The zero-order valence-electron chi connectivity index (χ0n) is 12.2.